The number of hydrogen-bond donors (Lipinski definition) is 1. The number of rotatable bonds is 3. The third kappa shape index (κ3) is 2.83. The first kappa shape index (κ1) is 12.0. The summed E-state index contributed by atoms with van der Waals surface area (Å²) in [7, 11) is 0. The van der Waals surface area contributed by atoms with Gasteiger partial charge >= 0.3 is 0 Å². The Morgan fingerprint density at radius 1 is 1.11 bits per heavy atom. The van der Waals surface area contributed by atoms with Crippen LogP contribution in [-0.2, 0) is 12.8 Å². The molecule has 0 aromatic carbocycles. The van der Waals surface area contributed by atoms with Crippen molar-refractivity contribution in [2.75, 3.05) is 31.5 Å². The van der Waals surface area contributed by atoms with Crippen LogP contribution >= 0.6 is 0 Å². The Morgan fingerprint density at radius 2 is 2.00 bits per heavy atom. The van der Waals surface area contributed by atoms with Crippen LogP contribution in [0.1, 0.15) is 36.9 Å². The molecule has 0 unspecified atom stereocenters. The smallest absolute Gasteiger partial charge is 0.129 e. The minimum Gasteiger partial charge on any atom is -0.370 e. The lowest BCUT2D eigenvalue weighted by atomic mass is 10.1. The zero-order valence-electron chi connectivity index (χ0n) is 11.1. The number of nitrogens with zero attached hydrogens (tertiary/aromatic N) is 2. The normalized spacial score (nSPS) is 20.2. The van der Waals surface area contributed by atoms with E-state index in [2.05, 4.69) is 22.3 Å². The fourth-order valence-electron chi connectivity index (χ4n) is 2.96. The Hall–Kier alpha value is -1.09. The Bertz CT molecular complexity index is 397. The van der Waals surface area contributed by atoms with Gasteiger partial charge in [0.1, 0.15) is 5.82 Å². The molecule has 3 rings (SSSR count). The van der Waals surface area contributed by atoms with Crippen molar-refractivity contribution >= 4 is 5.82 Å². The molecular formula is C15H23N3. The molecule has 98 valence electrons. The van der Waals surface area contributed by atoms with Crippen LogP contribution in [0, 0.1) is 0 Å². The molecular weight excluding hydrogens is 222 g/mol. The molecule has 2 aliphatic rings. The van der Waals surface area contributed by atoms with Crippen LogP contribution in [0.2, 0.25) is 0 Å². The number of likely N-dealkylation sites (tertiary alicyclic amines) is 1. The maximum atomic E-state index is 4.76. The number of aromatic nitrogens is 1. The summed E-state index contributed by atoms with van der Waals surface area (Å²) in [6.07, 6.45) is 7.67. The number of pyridine rings is 1. The van der Waals surface area contributed by atoms with Crippen molar-refractivity contribution in [1.29, 1.82) is 0 Å². The van der Waals surface area contributed by atoms with Crippen molar-refractivity contribution in [2.45, 2.75) is 38.5 Å². The number of nitrogens with one attached hydrogen (secondary N) is 1. The molecule has 1 aromatic heterocycles. The second kappa shape index (κ2) is 5.70. The largest absolute Gasteiger partial charge is 0.370 e. The van der Waals surface area contributed by atoms with Crippen LogP contribution < -0.4 is 5.32 Å². The Labute approximate surface area is 110 Å². The van der Waals surface area contributed by atoms with Gasteiger partial charge in [-0.15, -0.1) is 0 Å². The minimum absolute atomic E-state index is 1.08. The molecule has 3 nitrogen and oxygen atoms in total. The molecule has 0 aliphatic carbocycles. The molecule has 1 aromatic rings. The second-order valence-corrected chi connectivity index (χ2v) is 5.49. The van der Waals surface area contributed by atoms with E-state index in [-0.39, 0.29) is 0 Å². The maximum absolute atomic E-state index is 4.76. The van der Waals surface area contributed by atoms with Gasteiger partial charge in [-0.1, -0.05) is 12.5 Å². The zero-order valence-corrected chi connectivity index (χ0v) is 11.1. The quantitative estimate of drug-likeness (QED) is 0.886. The summed E-state index contributed by atoms with van der Waals surface area (Å²) in [4.78, 5) is 7.34. The van der Waals surface area contributed by atoms with Gasteiger partial charge in [0.2, 0.25) is 0 Å². The van der Waals surface area contributed by atoms with Gasteiger partial charge < -0.3 is 10.2 Å². The highest BCUT2D eigenvalue weighted by molar-refractivity contribution is 5.47. The van der Waals surface area contributed by atoms with Crippen molar-refractivity contribution in [2.24, 2.45) is 0 Å². The van der Waals surface area contributed by atoms with Crippen LogP contribution in [0.4, 0.5) is 5.82 Å². The molecule has 0 spiro atoms. The number of anilines is 1. The highest BCUT2D eigenvalue weighted by Crippen LogP contribution is 2.20. The molecule has 18 heavy (non-hydrogen) atoms. The van der Waals surface area contributed by atoms with E-state index < -0.39 is 0 Å². The third-order valence-electron chi connectivity index (χ3n) is 4.08. The van der Waals surface area contributed by atoms with Gasteiger partial charge in [-0.25, -0.2) is 4.98 Å². The number of hydrogen-bond acceptors (Lipinski definition) is 3. The molecule has 0 amide bonds. The van der Waals surface area contributed by atoms with Crippen LogP contribution in [0.15, 0.2) is 12.1 Å². The topological polar surface area (TPSA) is 28.2 Å². The zero-order chi connectivity index (χ0) is 12.2. The van der Waals surface area contributed by atoms with Gasteiger partial charge in [0.05, 0.1) is 0 Å². The molecule has 1 fully saturated rings. The lowest BCUT2D eigenvalue weighted by Crippen LogP contribution is -2.31. The van der Waals surface area contributed by atoms with E-state index >= 15 is 0 Å². The lowest BCUT2D eigenvalue weighted by Gasteiger charge is -2.26. The number of piperidine rings is 1. The maximum Gasteiger partial charge on any atom is 0.129 e. The van der Waals surface area contributed by atoms with Crippen molar-refractivity contribution < 1.29 is 0 Å². The molecule has 3 heterocycles. The van der Waals surface area contributed by atoms with E-state index in [1.54, 1.807) is 0 Å². The van der Waals surface area contributed by atoms with Crippen molar-refractivity contribution in [1.82, 2.24) is 9.88 Å². The van der Waals surface area contributed by atoms with Gasteiger partial charge in [-0.3, -0.25) is 0 Å². The summed E-state index contributed by atoms with van der Waals surface area (Å²) in [5, 5.41) is 3.42. The molecule has 1 saturated heterocycles. The van der Waals surface area contributed by atoms with E-state index in [9.17, 15) is 0 Å². The van der Waals surface area contributed by atoms with Gasteiger partial charge in [0.15, 0.2) is 0 Å². The first-order valence-electron chi connectivity index (χ1n) is 7.37. The second-order valence-electron chi connectivity index (χ2n) is 5.49. The average molecular weight is 245 g/mol. The molecule has 3 heteroatoms. The molecule has 0 bridgehead atoms. The van der Waals surface area contributed by atoms with Crippen LogP contribution in [0.5, 0.6) is 0 Å². The molecule has 0 saturated carbocycles. The van der Waals surface area contributed by atoms with Gasteiger partial charge in [0.25, 0.3) is 0 Å². The van der Waals surface area contributed by atoms with Crippen LogP contribution in [-0.4, -0.2) is 36.1 Å². The monoisotopic (exact) mass is 245 g/mol. The van der Waals surface area contributed by atoms with E-state index in [1.165, 1.54) is 63.0 Å². The predicted octanol–water partition coefficient (Wildman–Crippen LogP) is 2.47. The summed E-state index contributed by atoms with van der Waals surface area (Å²) < 4.78 is 0. The predicted molar refractivity (Wildman–Crippen MR) is 75.0 cm³/mol. The minimum atomic E-state index is 1.08. The lowest BCUT2D eigenvalue weighted by molar-refractivity contribution is 0.231. The standard InChI is InChI=1S/C15H23N3/c1-2-10-18(11-3-1)12-8-14-7-6-13-5-4-9-16-15(13)17-14/h6-7H,1-5,8-12H2,(H,16,17). The Morgan fingerprint density at radius 3 is 2.89 bits per heavy atom. The van der Waals surface area contributed by atoms with Crippen molar-refractivity contribution in [3.8, 4) is 0 Å². The van der Waals surface area contributed by atoms with E-state index in [0.717, 1.165) is 18.8 Å². The summed E-state index contributed by atoms with van der Waals surface area (Å²) >= 11 is 0. The van der Waals surface area contributed by atoms with Crippen molar-refractivity contribution in [3.63, 3.8) is 0 Å². The average Bonchev–Trinajstić information content (AvgIpc) is 2.46. The summed E-state index contributed by atoms with van der Waals surface area (Å²) in [5.41, 5.74) is 2.64. The molecule has 0 radical (unpaired) electrons. The molecule has 0 atom stereocenters. The van der Waals surface area contributed by atoms with E-state index in [1.807, 2.05) is 0 Å². The summed E-state index contributed by atoms with van der Waals surface area (Å²) in [5.74, 6) is 1.14. The summed E-state index contributed by atoms with van der Waals surface area (Å²) in [6.45, 7) is 4.81. The Balaban J connectivity index is 1.58. The SMILES string of the molecule is c1cc2c(nc1CCN1CCCCC1)NCCC2. The van der Waals surface area contributed by atoms with Crippen molar-refractivity contribution in [3.05, 3.63) is 23.4 Å². The fourth-order valence-corrected chi connectivity index (χ4v) is 2.96. The fraction of sp³-hybridized carbons (Fsp3) is 0.667. The Kier molecular flexibility index (Phi) is 3.79. The third-order valence-corrected chi connectivity index (χ3v) is 4.08. The van der Waals surface area contributed by atoms with Gasteiger partial charge in [-0.2, -0.15) is 0 Å². The molecule has 2 aliphatic heterocycles. The van der Waals surface area contributed by atoms with Gasteiger partial charge in [-0.05, 0) is 50.4 Å². The molecule has 1 N–H and O–H groups in total. The number of fused-ring (bicyclic) bond motifs is 1. The van der Waals surface area contributed by atoms with Crippen LogP contribution in [0.3, 0.4) is 0 Å². The van der Waals surface area contributed by atoms with Gasteiger partial charge in [0, 0.05) is 25.2 Å². The van der Waals surface area contributed by atoms with Crippen LogP contribution in [0.25, 0.3) is 0 Å². The van der Waals surface area contributed by atoms with E-state index in [4.69, 9.17) is 4.98 Å². The highest BCUT2D eigenvalue weighted by atomic mass is 15.1. The highest BCUT2D eigenvalue weighted by Gasteiger charge is 2.12. The first-order valence-corrected chi connectivity index (χ1v) is 7.37. The van der Waals surface area contributed by atoms with E-state index in [0.29, 0.717) is 0 Å². The summed E-state index contributed by atoms with van der Waals surface area (Å²) in [6, 6.07) is 4.48. The first-order chi connectivity index (χ1) is 8.92. The number of aryl methyl sites for hydroxylation is 1.